The zero-order valence-corrected chi connectivity index (χ0v) is 23.6. The molecule has 41 heavy (non-hydrogen) atoms. The Hall–Kier alpha value is -3.67. The maximum atomic E-state index is 14.2. The van der Waals surface area contributed by atoms with E-state index in [2.05, 4.69) is 26.4 Å². The first kappa shape index (κ1) is 28.8. The summed E-state index contributed by atoms with van der Waals surface area (Å²) in [5, 5.41) is 9.80. The summed E-state index contributed by atoms with van der Waals surface area (Å²) in [7, 11) is 0. The van der Waals surface area contributed by atoms with Crippen LogP contribution < -0.4 is 4.74 Å². The summed E-state index contributed by atoms with van der Waals surface area (Å²) in [5.41, 5.74) is 1.70. The van der Waals surface area contributed by atoms with Gasteiger partial charge in [0.05, 0.1) is 30.6 Å². The lowest BCUT2D eigenvalue weighted by Crippen LogP contribution is -2.39. The summed E-state index contributed by atoms with van der Waals surface area (Å²) in [5.74, 6) is -0.178. The molecule has 0 spiro atoms. The highest BCUT2D eigenvalue weighted by Crippen LogP contribution is 2.27. The highest BCUT2D eigenvalue weighted by Gasteiger charge is 2.27. The molecule has 216 valence electrons. The molecule has 2 fully saturated rings. The van der Waals surface area contributed by atoms with E-state index in [1.807, 2.05) is 11.5 Å². The number of aromatic nitrogens is 4. The molecule has 1 aromatic carbocycles. The number of carboxylic acid groups (broad SMARTS) is 1. The highest BCUT2D eigenvalue weighted by molar-refractivity contribution is 6.40. The fourth-order valence-electron chi connectivity index (χ4n) is 4.93. The monoisotopic (exact) mass is 582 g/mol. The molecule has 12 heteroatoms. The summed E-state index contributed by atoms with van der Waals surface area (Å²) in [6, 6.07) is 6.63. The van der Waals surface area contributed by atoms with Crippen LogP contribution in [0.3, 0.4) is 0 Å². The quantitative estimate of drug-likeness (QED) is 0.328. The first-order valence-electron chi connectivity index (χ1n) is 13.6. The maximum absolute atomic E-state index is 14.2. The zero-order valence-electron chi connectivity index (χ0n) is 22.8. The molecule has 0 unspecified atom stereocenters. The van der Waals surface area contributed by atoms with Crippen LogP contribution in [0.15, 0.2) is 48.1 Å². The Bertz CT molecular complexity index is 1450. The molecule has 2 aliphatic heterocycles. The average molecular weight is 583 g/mol. The van der Waals surface area contributed by atoms with Gasteiger partial charge < -0.3 is 19.1 Å². The smallest absolute Gasteiger partial charge is 0.354 e. The average Bonchev–Trinajstić information content (AvgIpc) is 3.20. The molecule has 1 atom stereocenters. The number of piperidine rings is 1. The minimum Gasteiger partial charge on any atom is -0.477 e. The molecule has 0 saturated carbocycles. The molecule has 2 saturated heterocycles. The van der Waals surface area contributed by atoms with Crippen molar-refractivity contribution in [2.75, 3.05) is 19.7 Å². The maximum Gasteiger partial charge on any atom is 0.354 e. The van der Waals surface area contributed by atoms with E-state index in [1.165, 1.54) is 12.1 Å². The lowest BCUT2D eigenvalue weighted by atomic mass is 10.1. The van der Waals surface area contributed by atoms with Crippen molar-refractivity contribution in [3.8, 4) is 6.01 Å². The first-order chi connectivity index (χ1) is 19.8. The number of carbonyl (C=O) groups is 1. The number of ether oxygens (including phenoxy) is 2. The van der Waals surface area contributed by atoms with Crippen LogP contribution in [0.4, 0.5) is 10.2 Å². The van der Waals surface area contributed by atoms with Crippen molar-refractivity contribution in [3.63, 3.8) is 0 Å². The predicted octanol–water partition coefficient (Wildman–Crippen LogP) is 4.54. The van der Waals surface area contributed by atoms with Crippen LogP contribution in [0.1, 0.15) is 42.0 Å². The molecule has 1 N–H and O–H groups in total. The number of aryl methyl sites for hydroxylation is 1. The normalized spacial score (nSPS) is 18.2. The Labute approximate surface area is 242 Å². The third-order valence-corrected chi connectivity index (χ3v) is 7.49. The summed E-state index contributed by atoms with van der Waals surface area (Å²) < 4.78 is 27.9. The Morgan fingerprint density at radius 2 is 2.07 bits per heavy atom. The standard InChI is InChI=1S/C29H32ClFN6O4/c1-3-25(28(38)39)35-27-18(2)33-26(37(27)16-23-9-13-40-23)17-36-11-7-22(8-12-36)41-29-32-10-6-21(34-29)14-19-4-5-20(30)15-24(19)31/h3-6,10,15,22-23H,1,7-9,11-14,16-17H2,2H3,(H,38,39)/t23-/m0/s1. The number of aliphatic imine (C=N–C) groups is 1. The Morgan fingerprint density at radius 3 is 2.73 bits per heavy atom. The minimum absolute atomic E-state index is 0.0514. The predicted molar refractivity (Wildman–Crippen MR) is 151 cm³/mol. The van der Waals surface area contributed by atoms with Crippen molar-refractivity contribution in [1.29, 1.82) is 0 Å². The number of carboxylic acids is 1. The van der Waals surface area contributed by atoms with Gasteiger partial charge in [0.15, 0.2) is 5.82 Å². The van der Waals surface area contributed by atoms with Crippen molar-refractivity contribution in [2.24, 2.45) is 4.99 Å². The number of aliphatic carboxylic acids is 1. The van der Waals surface area contributed by atoms with Gasteiger partial charge in [-0.05, 0) is 56.0 Å². The van der Waals surface area contributed by atoms with E-state index in [0.29, 0.717) is 47.3 Å². The van der Waals surface area contributed by atoms with E-state index in [1.54, 1.807) is 24.4 Å². The van der Waals surface area contributed by atoms with Gasteiger partial charge in [0, 0.05) is 37.3 Å². The number of benzene rings is 1. The Kier molecular flexibility index (Phi) is 9.06. The molecule has 0 amide bonds. The van der Waals surface area contributed by atoms with Crippen LogP contribution in [0, 0.1) is 12.7 Å². The number of imidazole rings is 1. The third-order valence-electron chi connectivity index (χ3n) is 7.26. The van der Waals surface area contributed by atoms with Crippen LogP contribution >= 0.6 is 11.6 Å². The van der Waals surface area contributed by atoms with Crippen molar-refractivity contribution in [1.82, 2.24) is 24.4 Å². The van der Waals surface area contributed by atoms with Crippen molar-refractivity contribution in [2.45, 2.75) is 57.9 Å². The molecule has 0 aliphatic carbocycles. The number of likely N-dealkylation sites (tertiary alicyclic amines) is 1. The van der Waals surface area contributed by atoms with E-state index in [9.17, 15) is 14.3 Å². The largest absolute Gasteiger partial charge is 0.477 e. The van der Waals surface area contributed by atoms with Gasteiger partial charge in [-0.1, -0.05) is 24.2 Å². The molecule has 0 bridgehead atoms. The van der Waals surface area contributed by atoms with E-state index < -0.39 is 5.97 Å². The summed E-state index contributed by atoms with van der Waals surface area (Å²) in [6.07, 6.45) is 5.66. The fourth-order valence-corrected chi connectivity index (χ4v) is 5.09. The molecule has 2 aliphatic rings. The SMILES string of the molecule is C=CC(=Nc1c(C)nc(CN2CCC(Oc3nccc(Cc4ccc(Cl)cc4F)n3)CC2)n1C[C@@H]1CCO1)C(=O)O. The van der Waals surface area contributed by atoms with Crippen LogP contribution in [-0.2, 0) is 29.0 Å². The number of rotatable bonds is 11. The second-order valence-electron chi connectivity index (χ2n) is 10.2. The topological polar surface area (TPSA) is 115 Å². The van der Waals surface area contributed by atoms with Crippen LogP contribution in [0.2, 0.25) is 5.02 Å². The number of hydrogen-bond acceptors (Lipinski definition) is 8. The van der Waals surface area contributed by atoms with E-state index in [4.69, 9.17) is 26.1 Å². The molecule has 4 heterocycles. The Balaban J connectivity index is 1.22. The highest BCUT2D eigenvalue weighted by atomic mass is 35.5. The lowest BCUT2D eigenvalue weighted by Gasteiger charge is -2.32. The second kappa shape index (κ2) is 12.9. The lowest BCUT2D eigenvalue weighted by molar-refractivity contribution is -0.129. The van der Waals surface area contributed by atoms with E-state index >= 15 is 0 Å². The van der Waals surface area contributed by atoms with Gasteiger partial charge in [-0.3, -0.25) is 4.90 Å². The van der Waals surface area contributed by atoms with Crippen molar-refractivity contribution in [3.05, 3.63) is 76.7 Å². The minimum atomic E-state index is -1.14. The van der Waals surface area contributed by atoms with Crippen LogP contribution in [-0.4, -0.2) is 73.1 Å². The number of halogens is 2. The van der Waals surface area contributed by atoms with Gasteiger partial charge in [-0.2, -0.15) is 4.98 Å². The summed E-state index contributed by atoms with van der Waals surface area (Å²) in [4.78, 5) is 31.7. The van der Waals surface area contributed by atoms with Crippen LogP contribution in [0.5, 0.6) is 6.01 Å². The van der Waals surface area contributed by atoms with Gasteiger partial charge >= 0.3 is 12.0 Å². The van der Waals surface area contributed by atoms with Gasteiger partial charge in [-0.25, -0.2) is 24.1 Å². The number of hydrogen-bond donors (Lipinski definition) is 1. The fraction of sp³-hybridized carbons (Fsp3) is 0.414. The van der Waals surface area contributed by atoms with E-state index in [-0.39, 0.29) is 29.7 Å². The summed E-state index contributed by atoms with van der Waals surface area (Å²) in [6.45, 7) is 8.83. The van der Waals surface area contributed by atoms with Gasteiger partial charge in [0.25, 0.3) is 0 Å². The van der Waals surface area contributed by atoms with Gasteiger partial charge in [-0.15, -0.1) is 0 Å². The molecule has 10 nitrogen and oxygen atoms in total. The van der Waals surface area contributed by atoms with E-state index in [0.717, 1.165) is 44.8 Å². The molecular weight excluding hydrogens is 551 g/mol. The number of nitrogens with zero attached hydrogens (tertiary/aromatic N) is 6. The van der Waals surface area contributed by atoms with Gasteiger partial charge in [0.2, 0.25) is 0 Å². The Morgan fingerprint density at radius 1 is 1.29 bits per heavy atom. The molecule has 3 aromatic rings. The third kappa shape index (κ3) is 7.16. The molecular formula is C29H32ClFN6O4. The zero-order chi connectivity index (χ0) is 28.9. The molecule has 5 rings (SSSR count). The second-order valence-corrected chi connectivity index (χ2v) is 10.6. The molecule has 2 aromatic heterocycles. The van der Waals surface area contributed by atoms with Crippen molar-refractivity contribution < 1.29 is 23.8 Å². The first-order valence-corrected chi connectivity index (χ1v) is 13.9. The van der Waals surface area contributed by atoms with Gasteiger partial charge in [0.1, 0.15) is 23.5 Å². The summed E-state index contributed by atoms with van der Waals surface area (Å²) >= 11 is 5.86. The molecule has 0 radical (unpaired) electrons. The van der Waals surface area contributed by atoms with Crippen LogP contribution in [0.25, 0.3) is 0 Å². The van der Waals surface area contributed by atoms with Crippen molar-refractivity contribution >= 4 is 29.1 Å².